The van der Waals surface area contributed by atoms with Crippen molar-refractivity contribution in [1.29, 1.82) is 10.5 Å². The normalized spacial score (nSPS) is 10.7. The summed E-state index contributed by atoms with van der Waals surface area (Å²) in [7, 11) is 0. The number of esters is 1. The fourth-order valence-corrected chi connectivity index (χ4v) is 2.56. The largest absolute Gasteiger partial charge is 0.462 e. The van der Waals surface area contributed by atoms with Crippen LogP contribution in [0.25, 0.3) is 11.1 Å². The molecule has 0 aliphatic heterocycles. The molecule has 0 radical (unpaired) electrons. The number of hydrogen-bond acceptors (Lipinski definition) is 4. The average molecular weight is 358 g/mol. The van der Waals surface area contributed by atoms with Crippen LogP contribution in [0, 0.1) is 29.6 Å². The van der Waals surface area contributed by atoms with Gasteiger partial charge in [0.2, 0.25) is 0 Å². The molecule has 2 aromatic rings. The van der Waals surface area contributed by atoms with E-state index in [0.29, 0.717) is 5.56 Å². The lowest BCUT2D eigenvalue weighted by molar-refractivity contribution is -0.137. The van der Waals surface area contributed by atoms with Gasteiger partial charge >= 0.3 is 12.1 Å². The molecule has 7 heteroatoms. The number of ether oxygens (including phenoxy) is 1. The van der Waals surface area contributed by atoms with Gasteiger partial charge in [-0.05, 0) is 43.2 Å². The topological polar surface area (TPSA) is 73.9 Å². The van der Waals surface area contributed by atoms with Crippen molar-refractivity contribution >= 4 is 5.97 Å². The van der Waals surface area contributed by atoms with E-state index in [1.54, 1.807) is 6.92 Å². The van der Waals surface area contributed by atoms with Crippen molar-refractivity contribution < 1.29 is 22.7 Å². The summed E-state index contributed by atoms with van der Waals surface area (Å²) < 4.78 is 43.1. The Morgan fingerprint density at radius 1 is 1.15 bits per heavy atom. The van der Waals surface area contributed by atoms with Crippen LogP contribution in [0.3, 0.4) is 0 Å². The highest BCUT2D eigenvalue weighted by Crippen LogP contribution is 2.35. The van der Waals surface area contributed by atoms with Gasteiger partial charge in [0.05, 0.1) is 34.9 Å². The Hall–Kier alpha value is -3.32. The van der Waals surface area contributed by atoms with E-state index in [0.717, 1.165) is 12.1 Å². The number of benzene rings is 2. The van der Waals surface area contributed by atoms with Crippen molar-refractivity contribution in [3.8, 4) is 23.3 Å². The molecule has 0 N–H and O–H groups in total. The van der Waals surface area contributed by atoms with E-state index in [1.165, 1.54) is 25.1 Å². The summed E-state index contributed by atoms with van der Waals surface area (Å²) in [5.74, 6) is -0.669. The second-order valence-corrected chi connectivity index (χ2v) is 5.37. The minimum atomic E-state index is -4.49. The molecule has 26 heavy (non-hydrogen) atoms. The fraction of sp³-hybridized carbons (Fsp3) is 0.211. The number of carbonyl (C=O) groups is 1. The van der Waals surface area contributed by atoms with Crippen molar-refractivity contribution in [3.63, 3.8) is 0 Å². The number of rotatable bonds is 3. The van der Waals surface area contributed by atoms with Gasteiger partial charge in [0.1, 0.15) is 6.07 Å². The van der Waals surface area contributed by atoms with E-state index in [4.69, 9.17) is 4.74 Å². The van der Waals surface area contributed by atoms with E-state index in [2.05, 4.69) is 0 Å². The first-order valence-corrected chi connectivity index (χ1v) is 7.57. The Balaban J connectivity index is 2.70. The molecule has 0 fully saturated rings. The Morgan fingerprint density at radius 3 is 2.23 bits per heavy atom. The van der Waals surface area contributed by atoms with Gasteiger partial charge in [-0.1, -0.05) is 12.1 Å². The zero-order chi connectivity index (χ0) is 19.5. The van der Waals surface area contributed by atoms with Gasteiger partial charge in [0, 0.05) is 5.56 Å². The van der Waals surface area contributed by atoms with Crippen molar-refractivity contribution in [1.82, 2.24) is 0 Å². The van der Waals surface area contributed by atoms with E-state index in [-0.39, 0.29) is 34.4 Å². The van der Waals surface area contributed by atoms with Crippen LogP contribution in [-0.2, 0) is 10.9 Å². The quantitative estimate of drug-likeness (QED) is 0.752. The number of nitriles is 2. The number of carbonyl (C=O) groups excluding carboxylic acids is 1. The summed E-state index contributed by atoms with van der Waals surface area (Å²) in [6.45, 7) is 3.28. The van der Waals surface area contributed by atoms with Crippen molar-refractivity contribution in [2.75, 3.05) is 6.61 Å². The molecular formula is C19H13F3N2O2. The predicted octanol–water partition coefficient (Wildman–Crippen LogP) is 4.60. The molecule has 0 aromatic heterocycles. The molecule has 0 aliphatic carbocycles. The maximum absolute atomic E-state index is 12.7. The number of halogens is 3. The van der Waals surface area contributed by atoms with Crippen LogP contribution in [0.15, 0.2) is 30.3 Å². The molecule has 0 atom stereocenters. The lowest BCUT2D eigenvalue weighted by atomic mass is 9.89. The van der Waals surface area contributed by atoms with Crippen LogP contribution in [0.5, 0.6) is 0 Å². The Bertz CT molecular complexity index is 934. The number of nitrogens with zero attached hydrogens (tertiary/aromatic N) is 2. The first-order valence-electron chi connectivity index (χ1n) is 7.57. The Labute approximate surface area is 148 Å². The van der Waals surface area contributed by atoms with Gasteiger partial charge in [0.25, 0.3) is 0 Å². The highest BCUT2D eigenvalue weighted by atomic mass is 19.4. The summed E-state index contributed by atoms with van der Waals surface area (Å²) in [6, 6.07) is 9.29. The van der Waals surface area contributed by atoms with Gasteiger partial charge in [-0.3, -0.25) is 0 Å². The second-order valence-electron chi connectivity index (χ2n) is 5.37. The maximum atomic E-state index is 12.7. The molecule has 4 nitrogen and oxygen atoms in total. The van der Waals surface area contributed by atoms with Crippen LogP contribution >= 0.6 is 0 Å². The predicted molar refractivity (Wildman–Crippen MR) is 87.0 cm³/mol. The molecule has 0 amide bonds. The monoisotopic (exact) mass is 358 g/mol. The standard InChI is InChI=1S/C19H13F3N2O2/c1-3-26-18(25)15-8-13(9-23)17(16(10-24)11(15)2)12-4-6-14(7-5-12)19(20,21)22/h4-8H,3H2,1-2H3. The van der Waals surface area contributed by atoms with Crippen LogP contribution in [-0.4, -0.2) is 12.6 Å². The molecular weight excluding hydrogens is 345 g/mol. The SMILES string of the molecule is CCOC(=O)c1cc(C#N)c(-c2ccc(C(F)(F)F)cc2)c(C#N)c1C. The van der Waals surface area contributed by atoms with Crippen LogP contribution in [0.4, 0.5) is 13.2 Å². The second kappa shape index (κ2) is 7.28. The lowest BCUT2D eigenvalue weighted by Crippen LogP contribution is -2.10. The third-order valence-electron chi connectivity index (χ3n) is 3.82. The van der Waals surface area contributed by atoms with E-state index < -0.39 is 17.7 Å². The first-order chi connectivity index (χ1) is 12.2. The van der Waals surface area contributed by atoms with Crippen LogP contribution in [0.1, 0.15) is 39.5 Å². The molecule has 0 bridgehead atoms. The molecule has 0 spiro atoms. The third-order valence-corrected chi connectivity index (χ3v) is 3.82. The lowest BCUT2D eigenvalue weighted by Gasteiger charge is -2.14. The summed E-state index contributed by atoms with van der Waals surface area (Å²) in [6.07, 6.45) is -4.49. The van der Waals surface area contributed by atoms with Crippen molar-refractivity contribution in [3.05, 3.63) is 58.1 Å². The smallest absolute Gasteiger partial charge is 0.416 e. The summed E-state index contributed by atoms with van der Waals surface area (Å²) in [5.41, 5.74) is 0.0781. The number of alkyl halides is 3. The van der Waals surface area contributed by atoms with E-state index in [9.17, 15) is 28.5 Å². The number of hydrogen-bond donors (Lipinski definition) is 0. The molecule has 132 valence electrons. The van der Waals surface area contributed by atoms with Gasteiger partial charge in [-0.25, -0.2) is 4.79 Å². The van der Waals surface area contributed by atoms with E-state index in [1.807, 2.05) is 12.1 Å². The zero-order valence-corrected chi connectivity index (χ0v) is 13.9. The Morgan fingerprint density at radius 2 is 1.77 bits per heavy atom. The van der Waals surface area contributed by atoms with Crippen molar-refractivity contribution in [2.24, 2.45) is 0 Å². The molecule has 0 aliphatic rings. The highest BCUT2D eigenvalue weighted by molar-refractivity contribution is 5.95. The molecule has 2 aromatic carbocycles. The van der Waals surface area contributed by atoms with Crippen molar-refractivity contribution in [2.45, 2.75) is 20.0 Å². The van der Waals surface area contributed by atoms with Crippen LogP contribution in [0.2, 0.25) is 0 Å². The molecule has 0 unspecified atom stereocenters. The fourth-order valence-electron chi connectivity index (χ4n) is 2.56. The van der Waals surface area contributed by atoms with Gasteiger partial charge < -0.3 is 4.74 Å². The minimum absolute atomic E-state index is 0.00922. The molecule has 0 saturated heterocycles. The summed E-state index contributed by atoms with van der Waals surface area (Å²) in [5, 5.41) is 18.9. The van der Waals surface area contributed by atoms with E-state index >= 15 is 0 Å². The average Bonchev–Trinajstić information content (AvgIpc) is 2.60. The highest BCUT2D eigenvalue weighted by Gasteiger charge is 2.30. The zero-order valence-electron chi connectivity index (χ0n) is 13.9. The van der Waals surface area contributed by atoms with Gasteiger partial charge in [-0.2, -0.15) is 23.7 Å². The minimum Gasteiger partial charge on any atom is -0.462 e. The first kappa shape index (κ1) is 19.0. The summed E-state index contributed by atoms with van der Waals surface area (Å²) >= 11 is 0. The van der Waals surface area contributed by atoms with Crippen LogP contribution < -0.4 is 0 Å². The van der Waals surface area contributed by atoms with Gasteiger partial charge in [0.15, 0.2) is 0 Å². The Kier molecular flexibility index (Phi) is 5.33. The summed E-state index contributed by atoms with van der Waals surface area (Å²) in [4.78, 5) is 12.0. The molecule has 0 heterocycles. The third kappa shape index (κ3) is 3.52. The molecule has 0 saturated carbocycles. The molecule has 2 rings (SSSR count). The maximum Gasteiger partial charge on any atom is 0.416 e. The van der Waals surface area contributed by atoms with Gasteiger partial charge in [-0.15, -0.1) is 0 Å².